The van der Waals surface area contributed by atoms with Crippen LogP contribution >= 0.6 is 12.4 Å². The molecule has 0 aliphatic carbocycles. The summed E-state index contributed by atoms with van der Waals surface area (Å²) in [7, 11) is 1.89. The number of carbonyl (C=O) groups is 1. The summed E-state index contributed by atoms with van der Waals surface area (Å²) in [5, 5.41) is 3.40. The number of rotatable bonds is 2. The van der Waals surface area contributed by atoms with Gasteiger partial charge in [-0.2, -0.15) is 0 Å². The Bertz CT molecular complexity index is 493. The molecule has 1 aromatic carbocycles. The highest BCUT2D eigenvalue weighted by Gasteiger charge is 2.27. The fraction of sp³-hybridized carbons (Fsp3) is 0.611. The van der Waals surface area contributed by atoms with E-state index in [0.29, 0.717) is 6.04 Å². The predicted molar refractivity (Wildman–Crippen MR) is 96.0 cm³/mol. The van der Waals surface area contributed by atoms with E-state index in [1.807, 2.05) is 11.9 Å². The summed E-state index contributed by atoms with van der Waals surface area (Å²) < 4.78 is 0. The van der Waals surface area contributed by atoms with Crippen LogP contribution in [0.3, 0.4) is 0 Å². The second-order valence-electron chi connectivity index (χ2n) is 7.27. The molecule has 22 heavy (non-hydrogen) atoms. The van der Waals surface area contributed by atoms with E-state index in [0.717, 1.165) is 25.1 Å². The molecule has 2 atom stereocenters. The van der Waals surface area contributed by atoms with Gasteiger partial charge in [-0.1, -0.05) is 32.9 Å². The zero-order valence-corrected chi connectivity index (χ0v) is 15.2. The zero-order chi connectivity index (χ0) is 15.6. The molecular weight excluding hydrogens is 296 g/mol. The van der Waals surface area contributed by atoms with E-state index < -0.39 is 0 Å². The van der Waals surface area contributed by atoms with Crippen LogP contribution in [-0.2, 0) is 10.2 Å². The summed E-state index contributed by atoms with van der Waals surface area (Å²) in [5.41, 5.74) is 2.42. The molecule has 1 fully saturated rings. The van der Waals surface area contributed by atoms with Crippen molar-refractivity contribution in [2.75, 3.05) is 18.5 Å². The molecule has 3 nitrogen and oxygen atoms in total. The van der Waals surface area contributed by atoms with Gasteiger partial charge < -0.3 is 10.2 Å². The Morgan fingerprint density at radius 3 is 2.32 bits per heavy atom. The zero-order valence-electron chi connectivity index (χ0n) is 14.3. The average Bonchev–Trinajstić information content (AvgIpc) is 2.45. The summed E-state index contributed by atoms with van der Waals surface area (Å²) >= 11 is 0. The Morgan fingerprint density at radius 2 is 1.82 bits per heavy atom. The van der Waals surface area contributed by atoms with Crippen molar-refractivity contribution < 1.29 is 4.79 Å². The van der Waals surface area contributed by atoms with Crippen LogP contribution in [0.5, 0.6) is 0 Å². The first kappa shape index (κ1) is 19.0. The maximum atomic E-state index is 12.6. The molecule has 1 aromatic rings. The number of piperidine rings is 1. The summed E-state index contributed by atoms with van der Waals surface area (Å²) in [6, 6.07) is 8.81. The van der Waals surface area contributed by atoms with Gasteiger partial charge in [0.25, 0.3) is 0 Å². The number of hydrogen-bond acceptors (Lipinski definition) is 2. The van der Waals surface area contributed by atoms with Gasteiger partial charge in [0.1, 0.15) is 0 Å². The molecule has 1 N–H and O–H groups in total. The van der Waals surface area contributed by atoms with Crippen LogP contribution in [0, 0.1) is 5.92 Å². The third-order valence-corrected chi connectivity index (χ3v) is 4.42. The predicted octanol–water partition coefficient (Wildman–Crippen LogP) is 3.76. The van der Waals surface area contributed by atoms with Gasteiger partial charge in [-0.15, -0.1) is 12.4 Å². The van der Waals surface area contributed by atoms with Crippen LogP contribution in [0.1, 0.15) is 46.1 Å². The first-order chi connectivity index (χ1) is 9.79. The number of anilines is 1. The standard InChI is InChI=1S/C18H28N2O.ClH/c1-13-12-14(10-11-19-13)17(21)20(5)16-8-6-15(7-9-16)18(2,3)4;/h6-9,13-14,19H,10-12H2,1-5H3;1H/t13-,14-;/m0./s1. The number of nitrogens with zero attached hydrogens (tertiary/aromatic N) is 1. The monoisotopic (exact) mass is 324 g/mol. The van der Waals surface area contributed by atoms with E-state index in [1.165, 1.54) is 5.56 Å². The van der Waals surface area contributed by atoms with Crippen molar-refractivity contribution in [1.82, 2.24) is 5.32 Å². The van der Waals surface area contributed by atoms with Gasteiger partial charge in [-0.25, -0.2) is 0 Å². The molecule has 4 heteroatoms. The molecular formula is C18H29ClN2O. The first-order valence-corrected chi connectivity index (χ1v) is 7.90. The normalized spacial score (nSPS) is 21.9. The number of carbonyl (C=O) groups excluding carboxylic acids is 1. The number of benzene rings is 1. The third kappa shape index (κ3) is 4.47. The lowest BCUT2D eigenvalue weighted by Crippen LogP contribution is -2.43. The topological polar surface area (TPSA) is 32.3 Å². The fourth-order valence-corrected chi connectivity index (χ4v) is 2.94. The minimum absolute atomic E-state index is 0. The lowest BCUT2D eigenvalue weighted by atomic mass is 9.87. The van der Waals surface area contributed by atoms with Crippen molar-refractivity contribution in [1.29, 1.82) is 0 Å². The van der Waals surface area contributed by atoms with Crippen LogP contribution in [0.4, 0.5) is 5.69 Å². The minimum atomic E-state index is 0. The van der Waals surface area contributed by atoms with Crippen molar-refractivity contribution >= 4 is 24.0 Å². The lowest BCUT2D eigenvalue weighted by Gasteiger charge is -2.30. The smallest absolute Gasteiger partial charge is 0.229 e. The average molecular weight is 325 g/mol. The molecule has 1 aliphatic rings. The Kier molecular flexibility index (Phi) is 6.45. The van der Waals surface area contributed by atoms with Gasteiger partial charge in [0.2, 0.25) is 5.91 Å². The van der Waals surface area contributed by atoms with Crippen LogP contribution in [-0.4, -0.2) is 25.5 Å². The second kappa shape index (κ2) is 7.47. The molecule has 0 aromatic heterocycles. The van der Waals surface area contributed by atoms with Crippen LogP contribution in [0.15, 0.2) is 24.3 Å². The molecule has 2 rings (SSSR count). The van der Waals surface area contributed by atoms with Crippen LogP contribution < -0.4 is 10.2 Å². The van der Waals surface area contributed by atoms with Gasteiger partial charge >= 0.3 is 0 Å². The van der Waals surface area contributed by atoms with Crippen LogP contribution in [0.25, 0.3) is 0 Å². The van der Waals surface area contributed by atoms with E-state index >= 15 is 0 Å². The van der Waals surface area contributed by atoms with Crippen LogP contribution in [0.2, 0.25) is 0 Å². The maximum absolute atomic E-state index is 12.6. The fourth-order valence-electron chi connectivity index (χ4n) is 2.94. The van der Waals surface area contributed by atoms with E-state index in [-0.39, 0.29) is 29.6 Å². The largest absolute Gasteiger partial charge is 0.315 e. The summed E-state index contributed by atoms with van der Waals surface area (Å²) in [4.78, 5) is 14.4. The first-order valence-electron chi connectivity index (χ1n) is 7.90. The third-order valence-electron chi connectivity index (χ3n) is 4.42. The quantitative estimate of drug-likeness (QED) is 0.898. The van der Waals surface area contributed by atoms with Crippen molar-refractivity contribution in [3.05, 3.63) is 29.8 Å². The maximum Gasteiger partial charge on any atom is 0.229 e. The highest BCUT2D eigenvalue weighted by Crippen LogP contribution is 2.26. The molecule has 0 unspecified atom stereocenters. The van der Waals surface area contributed by atoms with Gasteiger partial charge in [0.15, 0.2) is 0 Å². The molecule has 124 valence electrons. The molecule has 1 heterocycles. The highest BCUT2D eigenvalue weighted by molar-refractivity contribution is 5.94. The highest BCUT2D eigenvalue weighted by atomic mass is 35.5. The molecule has 1 amide bonds. The molecule has 1 saturated heterocycles. The minimum Gasteiger partial charge on any atom is -0.315 e. The Labute approximate surface area is 140 Å². The van der Waals surface area contributed by atoms with Crippen molar-refractivity contribution in [3.63, 3.8) is 0 Å². The van der Waals surface area contributed by atoms with Crippen molar-refractivity contribution in [3.8, 4) is 0 Å². The molecule has 0 radical (unpaired) electrons. The van der Waals surface area contributed by atoms with Gasteiger partial charge in [0, 0.05) is 24.7 Å². The second-order valence-corrected chi connectivity index (χ2v) is 7.27. The van der Waals surface area contributed by atoms with Crippen molar-refractivity contribution in [2.45, 2.75) is 52.0 Å². The molecule has 0 bridgehead atoms. The Balaban J connectivity index is 0.00000242. The van der Waals surface area contributed by atoms with E-state index in [4.69, 9.17) is 0 Å². The molecule has 0 spiro atoms. The summed E-state index contributed by atoms with van der Waals surface area (Å²) in [6.45, 7) is 9.69. The van der Waals surface area contributed by atoms with Gasteiger partial charge in [-0.05, 0) is 49.4 Å². The Morgan fingerprint density at radius 1 is 1.23 bits per heavy atom. The Hall–Kier alpha value is -1.06. The SMILES string of the molecule is C[C@H]1C[C@@H](C(=O)N(C)c2ccc(C(C)(C)C)cc2)CCN1.Cl. The number of hydrogen-bond donors (Lipinski definition) is 1. The van der Waals surface area contributed by atoms with E-state index in [1.54, 1.807) is 0 Å². The van der Waals surface area contributed by atoms with E-state index in [2.05, 4.69) is 57.3 Å². The number of halogens is 1. The summed E-state index contributed by atoms with van der Waals surface area (Å²) in [5.74, 6) is 0.389. The van der Waals surface area contributed by atoms with E-state index in [9.17, 15) is 4.79 Å². The number of amides is 1. The molecule has 1 aliphatic heterocycles. The number of nitrogens with one attached hydrogen (secondary N) is 1. The van der Waals surface area contributed by atoms with Crippen molar-refractivity contribution in [2.24, 2.45) is 5.92 Å². The molecule has 0 saturated carbocycles. The van der Waals surface area contributed by atoms with Gasteiger partial charge in [-0.3, -0.25) is 4.79 Å². The summed E-state index contributed by atoms with van der Waals surface area (Å²) in [6.07, 6.45) is 1.87. The lowest BCUT2D eigenvalue weighted by molar-refractivity contribution is -0.123. The van der Waals surface area contributed by atoms with Gasteiger partial charge in [0.05, 0.1) is 0 Å².